The first-order valence-electron chi connectivity index (χ1n) is 7.39. The van der Waals surface area contributed by atoms with Crippen molar-refractivity contribution in [2.24, 2.45) is 0 Å². The minimum absolute atomic E-state index is 0.114. The monoisotopic (exact) mass is 260 g/mol. The SMILES string of the molecule is CCCCC(C)B1Oc2ccc(C(C)(C)C)cc2O1. The summed E-state index contributed by atoms with van der Waals surface area (Å²) < 4.78 is 11.9. The molecule has 1 unspecified atom stereocenters. The number of hydrogen-bond acceptors (Lipinski definition) is 2. The van der Waals surface area contributed by atoms with Crippen molar-refractivity contribution in [1.29, 1.82) is 0 Å². The molecule has 1 aromatic rings. The summed E-state index contributed by atoms with van der Waals surface area (Å²) in [4.78, 5) is 0. The van der Waals surface area contributed by atoms with Gasteiger partial charge in [0.15, 0.2) is 0 Å². The van der Waals surface area contributed by atoms with Gasteiger partial charge in [-0.05, 0) is 29.5 Å². The van der Waals surface area contributed by atoms with Crippen molar-refractivity contribution in [3.63, 3.8) is 0 Å². The van der Waals surface area contributed by atoms with E-state index < -0.39 is 0 Å². The van der Waals surface area contributed by atoms with Gasteiger partial charge in [-0.25, -0.2) is 0 Å². The Bertz CT molecular complexity index is 437. The topological polar surface area (TPSA) is 18.5 Å². The summed E-state index contributed by atoms with van der Waals surface area (Å²) in [5.74, 6) is 2.23. The minimum atomic E-state index is -0.114. The van der Waals surface area contributed by atoms with Crippen LogP contribution < -0.4 is 9.31 Å². The van der Waals surface area contributed by atoms with Crippen molar-refractivity contribution in [3.8, 4) is 11.5 Å². The third-order valence-corrected chi connectivity index (χ3v) is 3.77. The molecule has 1 aliphatic rings. The highest BCUT2D eigenvalue weighted by molar-refractivity contribution is 6.49. The molecule has 0 saturated heterocycles. The van der Waals surface area contributed by atoms with Crippen LogP contribution in [-0.2, 0) is 5.41 Å². The molecule has 0 fully saturated rings. The highest BCUT2D eigenvalue weighted by atomic mass is 16.6. The molecular weight excluding hydrogens is 235 g/mol. The van der Waals surface area contributed by atoms with Crippen LogP contribution in [0.4, 0.5) is 0 Å². The van der Waals surface area contributed by atoms with E-state index in [0.717, 1.165) is 17.9 Å². The molecule has 0 radical (unpaired) electrons. The molecule has 1 heterocycles. The molecule has 0 N–H and O–H groups in total. The van der Waals surface area contributed by atoms with Gasteiger partial charge in [0.2, 0.25) is 0 Å². The lowest BCUT2D eigenvalue weighted by Crippen LogP contribution is -2.29. The largest absolute Gasteiger partial charge is 0.597 e. The van der Waals surface area contributed by atoms with E-state index in [4.69, 9.17) is 9.31 Å². The number of hydrogen-bond donors (Lipinski definition) is 0. The zero-order valence-electron chi connectivity index (χ0n) is 12.8. The fraction of sp³-hybridized carbons (Fsp3) is 0.625. The summed E-state index contributed by atoms with van der Waals surface area (Å²) in [6.45, 7) is 11.1. The van der Waals surface area contributed by atoms with E-state index >= 15 is 0 Å². The second-order valence-electron chi connectivity index (χ2n) is 6.64. The first kappa shape index (κ1) is 14.3. The zero-order chi connectivity index (χ0) is 14.0. The normalized spacial score (nSPS) is 15.7. The van der Waals surface area contributed by atoms with Crippen LogP contribution in [0.2, 0.25) is 5.82 Å². The summed E-state index contributed by atoms with van der Waals surface area (Å²) in [6, 6.07) is 6.31. The van der Waals surface area contributed by atoms with E-state index in [1.165, 1.54) is 18.4 Å². The van der Waals surface area contributed by atoms with Crippen LogP contribution in [0.3, 0.4) is 0 Å². The van der Waals surface area contributed by atoms with E-state index in [2.05, 4.69) is 46.8 Å². The third-order valence-electron chi connectivity index (χ3n) is 3.77. The summed E-state index contributed by atoms with van der Waals surface area (Å²) in [7, 11) is -0.114. The fourth-order valence-corrected chi connectivity index (χ4v) is 2.33. The van der Waals surface area contributed by atoms with Crippen molar-refractivity contribution in [2.45, 2.75) is 65.1 Å². The zero-order valence-corrected chi connectivity index (χ0v) is 12.8. The highest BCUT2D eigenvalue weighted by Gasteiger charge is 2.37. The quantitative estimate of drug-likeness (QED) is 0.722. The molecule has 2 rings (SSSR count). The van der Waals surface area contributed by atoms with Crippen molar-refractivity contribution in [3.05, 3.63) is 23.8 Å². The highest BCUT2D eigenvalue weighted by Crippen LogP contribution is 2.40. The lowest BCUT2D eigenvalue weighted by atomic mass is 9.71. The van der Waals surface area contributed by atoms with Gasteiger partial charge in [0, 0.05) is 5.82 Å². The molecular formula is C16H25BO2. The lowest BCUT2D eigenvalue weighted by Gasteiger charge is -2.19. The predicted molar refractivity (Wildman–Crippen MR) is 81.1 cm³/mol. The van der Waals surface area contributed by atoms with Gasteiger partial charge in [-0.15, -0.1) is 0 Å². The molecule has 3 heteroatoms. The van der Waals surface area contributed by atoms with E-state index in [1.807, 2.05) is 6.07 Å². The maximum atomic E-state index is 5.98. The first-order chi connectivity index (χ1) is 8.91. The van der Waals surface area contributed by atoms with Crippen LogP contribution in [0.25, 0.3) is 0 Å². The van der Waals surface area contributed by atoms with E-state index in [0.29, 0.717) is 5.82 Å². The average Bonchev–Trinajstić information content (AvgIpc) is 2.77. The molecule has 0 spiro atoms. The molecule has 0 saturated carbocycles. The van der Waals surface area contributed by atoms with Gasteiger partial charge >= 0.3 is 7.12 Å². The van der Waals surface area contributed by atoms with Crippen LogP contribution in [0.1, 0.15) is 59.4 Å². The Morgan fingerprint density at radius 3 is 2.47 bits per heavy atom. The second-order valence-corrected chi connectivity index (χ2v) is 6.64. The predicted octanol–water partition coefficient (Wildman–Crippen LogP) is 4.82. The van der Waals surface area contributed by atoms with E-state index in [9.17, 15) is 0 Å². The first-order valence-corrected chi connectivity index (χ1v) is 7.39. The number of unbranched alkanes of at least 4 members (excludes halogenated alkanes) is 1. The molecule has 1 aromatic carbocycles. The van der Waals surface area contributed by atoms with Gasteiger partial charge in [0.25, 0.3) is 0 Å². The van der Waals surface area contributed by atoms with Crippen molar-refractivity contribution >= 4 is 7.12 Å². The van der Waals surface area contributed by atoms with Crippen molar-refractivity contribution < 1.29 is 9.31 Å². The molecule has 19 heavy (non-hydrogen) atoms. The Hall–Kier alpha value is -1.12. The summed E-state index contributed by atoms with van der Waals surface area (Å²) in [5, 5.41) is 0. The van der Waals surface area contributed by atoms with Crippen LogP contribution in [0.15, 0.2) is 18.2 Å². The molecule has 0 aliphatic carbocycles. The second kappa shape index (κ2) is 5.48. The lowest BCUT2D eigenvalue weighted by molar-refractivity contribution is 0.463. The van der Waals surface area contributed by atoms with Crippen LogP contribution in [0, 0.1) is 0 Å². The molecule has 0 bridgehead atoms. The van der Waals surface area contributed by atoms with Gasteiger partial charge in [-0.2, -0.15) is 0 Å². The summed E-state index contributed by atoms with van der Waals surface area (Å²) in [6.07, 6.45) is 3.60. The Morgan fingerprint density at radius 1 is 1.16 bits per heavy atom. The van der Waals surface area contributed by atoms with E-state index in [1.54, 1.807) is 0 Å². The van der Waals surface area contributed by atoms with Crippen molar-refractivity contribution in [1.82, 2.24) is 0 Å². The molecule has 1 atom stereocenters. The Kier molecular flexibility index (Phi) is 4.12. The van der Waals surface area contributed by atoms with Gasteiger partial charge in [-0.1, -0.05) is 53.5 Å². The van der Waals surface area contributed by atoms with Crippen LogP contribution in [0.5, 0.6) is 11.5 Å². The molecule has 2 nitrogen and oxygen atoms in total. The smallest absolute Gasteiger partial charge is 0.523 e. The van der Waals surface area contributed by atoms with Crippen LogP contribution in [-0.4, -0.2) is 7.12 Å². The van der Waals surface area contributed by atoms with Crippen LogP contribution >= 0.6 is 0 Å². The molecule has 0 aromatic heterocycles. The van der Waals surface area contributed by atoms with Crippen molar-refractivity contribution in [2.75, 3.05) is 0 Å². The number of rotatable bonds is 4. The Balaban J connectivity index is 2.08. The molecule has 104 valence electrons. The maximum Gasteiger partial charge on any atom is 0.597 e. The Morgan fingerprint density at radius 2 is 1.84 bits per heavy atom. The minimum Gasteiger partial charge on any atom is -0.523 e. The Labute approximate surface area is 117 Å². The number of benzene rings is 1. The number of fused-ring (bicyclic) bond motifs is 1. The third kappa shape index (κ3) is 3.26. The van der Waals surface area contributed by atoms with E-state index in [-0.39, 0.29) is 12.5 Å². The van der Waals surface area contributed by atoms with Gasteiger partial charge < -0.3 is 9.31 Å². The summed E-state index contributed by atoms with van der Waals surface area (Å²) in [5.41, 5.74) is 1.43. The molecule has 1 aliphatic heterocycles. The standard InChI is InChI=1S/C16H25BO2/c1-6-7-8-12(2)17-18-14-10-9-13(16(3,4)5)11-15(14)19-17/h9-12H,6-8H2,1-5H3. The van der Waals surface area contributed by atoms with Gasteiger partial charge in [-0.3, -0.25) is 0 Å². The summed E-state index contributed by atoms with van der Waals surface area (Å²) >= 11 is 0. The fourth-order valence-electron chi connectivity index (χ4n) is 2.33. The van der Waals surface area contributed by atoms with Gasteiger partial charge in [0.05, 0.1) is 0 Å². The van der Waals surface area contributed by atoms with Gasteiger partial charge in [0.1, 0.15) is 11.5 Å². The molecule has 0 amide bonds. The average molecular weight is 260 g/mol. The maximum absolute atomic E-state index is 5.98.